The molecule has 1 saturated heterocycles. The molecule has 6 aromatic rings. The number of aryl methyl sites for hydroxylation is 5. The normalized spacial score (nSPS) is 17.9. The number of aromatic nitrogens is 5. The van der Waals surface area contributed by atoms with E-state index in [-0.39, 0.29) is 17.6 Å². The van der Waals surface area contributed by atoms with Crippen LogP contribution in [-0.2, 0) is 20.0 Å². The molecule has 1 fully saturated rings. The molecule has 298 valence electrons. The molecule has 57 heavy (non-hydrogen) atoms. The number of pyridine rings is 1. The lowest BCUT2D eigenvalue weighted by Gasteiger charge is -2.34. The Morgan fingerprint density at radius 1 is 1.05 bits per heavy atom. The van der Waals surface area contributed by atoms with Gasteiger partial charge in [0.05, 0.1) is 61.2 Å². The molecule has 0 radical (unpaired) electrons. The smallest absolute Gasteiger partial charge is 0.354 e. The number of amides is 1. The van der Waals surface area contributed by atoms with Gasteiger partial charge in [0.25, 0.3) is 5.91 Å². The van der Waals surface area contributed by atoms with Crippen molar-refractivity contribution in [2.24, 2.45) is 7.05 Å². The Morgan fingerprint density at radius 2 is 1.79 bits per heavy atom. The van der Waals surface area contributed by atoms with Crippen LogP contribution in [0, 0.1) is 27.7 Å². The fourth-order valence-corrected chi connectivity index (χ4v) is 9.72. The lowest BCUT2D eigenvalue weighted by molar-refractivity contribution is -0.902. The van der Waals surface area contributed by atoms with Crippen LogP contribution in [0.1, 0.15) is 81.3 Å². The zero-order valence-electron chi connectivity index (χ0n) is 33.9. The highest BCUT2D eigenvalue weighted by molar-refractivity contribution is 6.35. The Morgan fingerprint density at radius 3 is 2.44 bits per heavy atom. The van der Waals surface area contributed by atoms with Crippen molar-refractivity contribution in [3.8, 4) is 16.9 Å². The number of fused-ring (bicyclic) bond motifs is 4. The second-order valence-corrected chi connectivity index (χ2v) is 17.4. The van der Waals surface area contributed by atoms with Crippen molar-refractivity contribution in [1.29, 1.82) is 0 Å². The Bertz CT molecular complexity index is 2600. The summed E-state index contributed by atoms with van der Waals surface area (Å²) in [5, 5.41) is 17.0. The number of aromatic carboxylic acids is 1. The van der Waals surface area contributed by atoms with Crippen LogP contribution in [-0.4, -0.2) is 85.2 Å². The standard InChI is InChI=1S/C44H49Cl2N7O4/c1-24-19-30(20-25(2)39(24)46)57-18-10-12-31-32-13-14-33(45)38(37-27(4)48-49(6)28(37)5)41(32)52-26(3)21-51(43(54)42(31)52)36-23-50(22-29-11-9-17-53(29,7)8)35-16-15-34(44(55)56)47-40(35)36/h13-16,19-20,23,26,29H,9-12,17-18,21-22H2,1-8H3/p+1/t26-,29-/m1/s1. The number of hydrogen-bond donors (Lipinski definition) is 1. The predicted molar refractivity (Wildman–Crippen MR) is 226 cm³/mol. The molecular weight excluding hydrogens is 761 g/mol. The van der Waals surface area contributed by atoms with E-state index in [1.54, 1.807) is 6.07 Å². The first-order valence-electron chi connectivity index (χ1n) is 19.7. The van der Waals surface area contributed by atoms with E-state index in [0.29, 0.717) is 54.0 Å². The summed E-state index contributed by atoms with van der Waals surface area (Å²) in [5.41, 5.74) is 9.89. The number of benzene rings is 2. The summed E-state index contributed by atoms with van der Waals surface area (Å²) in [6, 6.07) is 11.5. The summed E-state index contributed by atoms with van der Waals surface area (Å²) in [7, 11) is 6.46. The Kier molecular flexibility index (Phi) is 9.94. The second kappa shape index (κ2) is 14.5. The molecule has 11 nitrogen and oxygen atoms in total. The number of halogens is 2. The maximum atomic E-state index is 15.4. The number of ether oxygens (including phenoxy) is 1. The van der Waals surface area contributed by atoms with E-state index in [2.05, 4.69) is 35.1 Å². The van der Waals surface area contributed by atoms with Crippen molar-refractivity contribution in [2.45, 2.75) is 78.9 Å². The van der Waals surface area contributed by atoms with Gasteiger partial charge in [0.1, 0.15) is 28.7 Å². The molecule has 2 atom stereocenters. The first-order valence-corrected chi connectivity index (χ1v) is 20.5. The fraction of sp³-hybridized carbons (Fsp3) is 0.409. The third-order valence-electron chi connectivity index (χ3n) is 12.4. The number of carbonyl (C=O) groups is 2. The van der Waals surface area contributed by atoms with E-state index < -0.39 is 5.97 Å². The average Bonchev–Trinajstić information content (AvgIpc) is 3.87. The van der Waals surface area contributed by atoms with Gasteiger partial charge in [0, 0.05) is 65.9 Å². The minimum atomic E-state index is -1.11. The highest BCUT2D eigenvalue weighted by Gasteiger charge is 2.39. The highest BCUT2D eigenvalue weighted by atomic mass is 35.5. The van der Waals surface area contributed by atoms with Crippen molar-refractivity contribution in [2.75, 3.05) is 38.7 Å². The molecular formula is C44H50Cl2N7O4+. The zero-order valence-corrected chi connectivity index (χ0v) is 35.4. The second-order valence-electron chi connectivity index (χ2n) is 16.6. The van der Waals surface area contributed by atoms with Gasteiger partial charge in [0.15, 0.2) is 0 Å². The SMILES string of the molecule is Cc1cc(OCCCc2c3n(c4c(-c5c(C)nn(C)c5C)c(Cl)ccc24)[C@H](C)CN(c2cn(C[C@H]4CCC[N+]4(C)C)c4ccc(C(=O)O)nc24)C3=O)cc(C)c1Cl. The van der Waals surface area contributed by atoms with E-state index in [9.17, 15) is 9.90 Å². The molecule has 2 aliphatic rings. The average molecular weight is 812 g/mol. The van der Waals surface area contributed by atoms with Gasteiger partial charge in [-0.1, -0.05) is 29.3 Å². The molecule has 2 aliphatic heterocycles. The number of carboxylic acids is 1. The minimum absolute atomic E-state index is 0.0571. The van der Waals surface area contributed by atoms with E-state index in [1.165, 1.54) is 0 Å². The van der Waals surface area contributed by atoms with Crippen LogP contribution in [0.5, 0.6) is 5.75 Å². The molecule has 0 bridgehead atoms. The predicted octanol–water partition coefficient (Wildman–Crippen LogP) is 9.10. The zero-order chi connectivity index (χ0) is 40.7. The first-order chi connectivity index (χ1) is 27.1. The largest absolute Gasteiger partial charge is 0.494 e. The molecule has 0 unspecified atom stereocenters. The van der Waals surface area contributed by atoms with Crippen molar-refractivity contribution in [3.05, 3.63) is 92.1 Å². The number of carbonyl (C=O) groups excluding carboxylic acids is 1. The van der Waals surface area contributed by atoms with Gasteiger partial charge in [-0.15, -0.1) is 0 Å². The molecule has 1 N–H and O–H groups in total. The number of likely N-dealkylation sites (N-methyl/N-ethyl adjacent to an activating group) is 1. The minimum Gasteiger partial charge on any atom is -0.494 e. The van der Waals surface area contributed by atoms with Crippen molar-refractivity contribution in [1.82, 2.24) is 23.9 Å². The van der Waals surface area contributed by atoms with Crippen LogP contribution < -0.4 is 9.64 Å². The van der Waals surface area contributed by atoms with Crippen LogP contribution in [0.25, 0.3) is 33.1 Å². The monoisotopic (exact) mass is 810 g/mol. The Hall–Kier alpha value is -4.84. The Balaban J connectivity index is 1.27. The lowest BCUT2D eigenvalue weighted by atomic mass is 9.98. The summed E-state index contributed by atoms with van der Waals surface area (Å²) in [4.78, 5) is 34.1. The maximum absolute atomic E-state index is 15.4. The van der Waals surface area contributed by atoms with Crippen LogP contribution in [0.3, 0.4) is 0 Å². The van der Waals surface area contributed by atoms with Crippen LogP contribution >= 0.6 is 23.2 Å². The number of rotatable bonds is 10. The van der Waals surface area contributed by atoms with E-state index in [0.717, 1.165) is 96.8 Å². The number of likely N-dealkylation sites (tertiary alicyclic amines) is 1. The summed E-state index contributed by atoms with van der Waals surface area (Å²) < 4.78 is 13.4. The van der Waals surface area contributed by atoms with Crippen LogP contribution in [0.4, 0.5) is 5.69 Å². The number of nitrogens with zero attached hydrogens (tertiary/aromatic N) is 7. The molecule has 6 heterocycles. The summed E-state index contributed by atoms with van der Waals surface area (Å²) in [6.45, 7) is 12.7. The fourth-order valence-electron chi connectivity index (χ4n) is 9.36. The van der Waals surface area contributed by atoms with Crippen molar-refractivity contribution < 1.29 is 23.9 Å². The van der Waals surface area contributed by atoms with E-state index in [1.807, 2.05) is 80.9 Å². The van der Waals surface area contributed by atoms with Gasteiger partial charge in [0.2, 0.25) is 0 Å². The van der Waals surface area contributed by atoms with Gasteiger partial charge in [-0.25, -0.2) is 9.78 Å². The molecule has 1 amide bonds. The molecule has 2 aromatic carbocycles. The quantitative estimate of drug-likeness (QED) is 0.109. The molecule has 8 rings (SSSR count). The molecule has 4 aromatic heterocycles. The third-order valence-corrected chi connectivity index (χ3v) is 13.4. The summed E-state index contributed by atoms with van der Waals surface area (Å²) in [6.07, 6.45) is 5.47. The van der Waals surface area contributed by atoms with Crippen LogP contribution in [0.15, 0.2) is 42.6 Å². The number of hydrogen-bond acceptors (Lipinski definition) is 5. The number of carboxylic acid groups (broad SMARTS) is 1. The maximum Gasteiger partial charge on any atom is 0.354 e. The topological polar surface area (TPSA) is 107 Å². The molecule has 0 aliphatic carbocycles. The van der Waals surface area contributed by atoms with Crippen LogP contribution in [0.2, 0.25) is 10.0 Å². The van der Waals surface area contributed by atoms with Gasteiger partial charge >= 0.3 is 5.97 Å². The molecule has 0 spiro atoms. The number of quaternary nitrogens is 1. The van der Waals surface area contributed by atoms with Gasteiger partial charge in [-0.3, -0.25) is 9.48 Å². The van der Waals surface area contributed by atoms with Gasteiger partial charge < -0.3 is 28.4 Å². The van der Waals surface area contributed by atoms with Gasteiger partial charge in [-0.05, 0) is 94.5 Å². The highest BCUT2D eigenvalue weighted by Crippen LogP contribution is 2.46. The summed E-state index contributed by atoms with van der Waals surface area (Å²) >= 11 is 13.6. The molecule has 13 heteroatoms. The van der Waals surface area contributed by atoms with Gasteiger partial charge in [-0.2, -0.15) is 5.10 Å². The lowest BCUT2D eigenvalue weighted by Crippen LogP contribution is -2.46. The first kappa shape index (κ1) is 39.0. The third kappa shape index (κ3) is 6.57. The van der Waals surface area contributed by atoms with Crippen molar-refractivity contribution in [3.63, 3.8) is 0 Å². The summed E-state index contributed by atoms with van der Waals surface area (Å²) in [5.74, 6) is -0.513. The van der Waals surface area contributed by atoms with E-state index in [4.69, 9.17) is 33.0 Å². The van der Waals surface area contributed by atoms with E-state index >= 15 is 4.79 Å². The van der Waals surface area contributed by atoms with Crippen molar-refractivity contribution >= 4 is 62.7 Å². The molecule has 0 saturated carbocycles. The number of anilines is 1. The Labute approximate surface area is 342 Å².